The molecule has 2 heterocycles. The van der Waals surface area contributed by atoms with Gasteiger partial charge < -0.3 is 4.57 Å². The van der Waals surface area contributed by atoms with Gasteiger partial charge in [-0.15, -0.1) is 0 Å². The first-order valence-electron chi connectivity index (χ1n) is 20.8. The Bertz CT molecular complexity index is 3640. The lowest BCUT2D eigenvalue weighted by Crippen LogP contribution is -2.00. The van der Waals surface area contributed by atoms with Crippen molar-refractivity contribution in [2.75, 3.05) is 0 Å². The molecule has 10 aromatic carbocycles. The maximum Gasteiger partial charge on any atom is 0.160 e. The fraction of sp³-hybridized carbons (Fsp3) is 0. The molecule has 0 unspecified atom stereocenters. The Morgan fingerprint density at radius 3 is 1.67 bits per heavy atom. The predicted molar refractivity (Wildman–Crippen MR) is 256 cm³/mol. The van der Waals surface area contributed by atoms with Crippen molar-refractivity contribution in [2.45, 2.75) is 0 Å². The first-order chi connectivity index (χ1) is 30.2. The Morgan fingerprint density at radius 1 is 0.279 bits per heavy atom. The lowest BCUT2D eigenvalue weighted by molar-refractivity contribution is 1.16. The summed E-state index contributed by atoms with van der Waals surface area (Å²) in [5.41, 5.74) is 12.7. The lowest BCUT2D eigenvalue weighted by Gasteiger charge is -2.17. The van der Waals surface area contributed by atoms with Gasteiger partial charge in [-0.1, -0.05) is 176 Å². The minimum Gasteiger partial charge on any atom is -0.309 e. The molecule has 0 spiro atoms. The van der Waals surface area contributed by atoms with Crippen LogP contribution in [0.4, 0.5) is 0 Å². The van der Waals surface area contributed by atoms with E-state index in [0.29, 0.717) is 5.82 Å². The van der Waals surface area contributed by atoms with Crippen LogP contribution in [0.3, 0.4) is 0 Å². The van der Waals surface area contributed by atoms with Crippen molar-refractivity contribution in [2.24, 2.45) is 0 Å². The van der Waals surface area contributed by atoms with Crippen LogP contribution >= 0.6 is 0 Å². The van der Waals surface area contributed by atoms with Gasteiger partial charge in [-0.2, -0.15) is 0 Å². The average molecular weight is 776 g/mol. The number of aromatic nitrogens is 3. The van der Waals surface area contributed by atoms with Crippen molar-refractivity contribution in [1.29, 1.82) is 0 Å². The molecular formula is C58H37N3. The van der Waals surface area contributed by atoms with Crippen LogP contribution in [-0.4, -0.2) is 14.5 Å². The van der Waals surface area contributed by atoms with Crippen LogP contribution in [0, 0.1) is 0 Å². The van der Waals surface area contributed by atoms with Gasteiger partial charge in [0.2, 0.25) is 0 Å². The third-order valence-electron chi connectivity index (χ3n) is 12.1. The van der Waals surface area contributed by atoms with Crippen LogP contribution in [0.5, 0.6) is 0 Å². The number of hydrogen-bond donors (Lipinski definition) is 0. The summed E-state index contributed by atoms with van der Waals surface area (Å²) in [6, 6.07) is 80.7. The third kappa shape index (κ3) is 6.06. The van der Waals surface area contributed by atoms with E-state index in [0.717, 1.165) is 55.9 Å². The fourth-order valence-corrected chi connectivity index (χ4v) is 9.21. The highest BCUT2D eigenvalue weighted by Crippen LogP contribution is 2.41. The minimum atomic E-state index is 0.670. The van der Waals surface area contributed by atoms with Crippen LogP contribution in [0.15, 0.2) is 224 Å². The first kappa shape index (κ1) is 34.9. The SMILES string of the molecule is c1ccc(-c2ccc3c4ccccc4n(-c4cc(-c5nc(-c6ccccc6)cc(-c6ccc7ccccc7c6)n5)cc(-c5cc6ccccc6c6ccccc56)c4)c3c2)cc1. The molecule has 0 aliphatic heterocycles. The Hall–Kier alpha value is -8.14. The first-order valence-corrected chi connectivity index (χ1v) is 20.8. The zero-order valence-electron chi connectivity index (χ0n) is 33.2. The molecule has 0 bridgehead atoms. The van der Waals surface area contributed by atoms with E-state index in [1.165, 1.54) is 54.2 Å². The molecule has 12 rings (SSSR count). The molecule has 0 radical (unpaired) electrons. The van der Waals surface area contributed by atoms with Gasteiger partial charge in [0.05, 0.1) is 22.4 Å². The predicted octanol–water partition coefficient (Wildman–Crippen LogP) is 15.4. The van der Waals surface area contributed by atoms with Gasteiger partial charge >= 0.3 is 0 Å². The Kier molecular flexibility index (Phi) is 8.17. The molecule has 12 aromatic rings. The van der Waals surface area contributed by atoms with Crippen molar-refractivity contribution in [3.8, 4) is 61.8 Å². The van der Waals surface area contributed by atoms with Gasteiger partial charge in [0.15, 0.2) is 5.82 Å². The Morgan fingerprint density at radius 2 is 0.869 bits per heavy atom. The summed E-state index contributed by atoms with van der Waals surface area (Å²) < 4.78 is 2.43. The average Bonchev–Trinajstić information content (AvgIpc) is 3.67. The molecule has 0 fully saturated rings. The number of benzene rings is 10. The summed E-state index contributed by atoms with van der Waals surface area (Å²) in [6.45, 7) is 0. The smallest absolute Gasteiger partial charge is 0.160 e. The maximum absolute atomic E-state index is 5.43. The number of rotatable bonds is 6. The number of hydrogen-bond acceptors (Lipinski definition) is 2. The van der Waals surface area contributed by atoms with Crippen LogP contribution in [0.1, 0.15) is 0 Å². The Balaban J connectivity index is 1.17. The quantitative estimate of drug-likeness (QED) is 0.158. The molecule has 0 aliphatic rings. The molecule has 3 nitrogen and oxygen atoms in total. The summed E-state index contributed by atoms with van der Waals surface area (Å²) in [4.78, 5) is 10.8. The maximum atomic E-state index is 5.43. The highest BCUT2D eigenvalue weighted by atomic mass is 15.0. The topological polar surface area (TPSA) is 30.7 Å². The largest absolute Gasteiger partial charge is 0.309 e. The van der Waals surface area contributed by atoms with Gasteiger partial charge in [0.25, 0.3) is 0 Å². The number of para-hydroxylation sites is 1. The minimum absolute atomic E-state index is 0.670. The molecule has 284 valence electrons. The summed E-state index contributed by atoms with van der Waals surface area (Å²) in [5.74, 6) is 0.670. The van der Waals surface area contributed by atoms with E-state index in [1.807, 2.05) is 0 Å². The van der Waals surface area contributed by atoms with Crippen molar-refractivity contribution in [3.05, 3.63) is 224 Å². The molecular weight excluding hydrogens is 739 g/mol. The second kappa shape index (κ2) is 14.3. The lowest BCUT2D eigenvalue weighted by atomic mass is 9.92. The third-order valence-corrected chi connectivity index (χ3v) is 12.1. The van der Waals surface area contributed by atoms with Crippen LogP contribution in [0.2, 0.25) is 0 Å². The zero-order valence-corrected chi connectivity index (χ0v) is 33.2. The molecule has 0 saturated carbocycles. The van der Waals surface area contributed by atoms with Crippen LogP contribution in [0.25, 0.3) is 116 Å². The fourth-order valence-electron chi connectivity index (χ4n) is 9.21. The highest BCUT2D eigenvalue weighted by molar-refractivity contribution is 6.14. The number of nitrogens with zero attached hydrogens (tertiary/aromatic N) is 3. The molecule has 0 amide bonds. The molecule has 61 heavy (non-hydrogen) atoms. The molecule has 2 aromatic heterocycles. The summed E-state index contributed by atoms with van der Waals surface area (Å²) in [5, 5.41) is 9.67. The Labute approximate surface area is 353 Å². The monoisotopic (exact) mass is 775 g/mol. The zero-order chi connectivity index (χ0) is 40.3. The van der Waals surface area contributed by atoms with E-state index in [1.54, 1.807) is 0 Å². The summed E-state index contributed by atoms with van der Waals surface area (Å²) in [7, 11) is 0. The van der Waals surface area contributed by atoms with Gasteiger partial charge in [0.1, 0.15) is 0 Å². The number of fused-ring (bicyclic) bond motifs is 7. The van der Waals surface area contributed by atoms with Crippen LogP contribution < -0.4 is 0 Å². The van der Waals surface area contributed by atoms with Crippen LogP contribution in [-0.2, 0) is 0 Å². The van der Waals surface area contributed by atoms with Crippen molar-refractivity contribution in [1.82, 2.24) is 14.5 Å². The van der Waals surface area contributed by atoms with E-state index >= 15 is 0 Å². The van der Waals surface area contributed by atoms with Crippen molar-refractivity contribution in [3.63, 3.8) is 0 Å². The normalized spacial score (nSPS) is 11.6. The standard InChI is InChI=1S/C58H37N3/c1-3-15-38(16-4-1)42-29-30-52-51-25-13-14-26-56(51)61(57(52)36-42)47-33-45(53-35-43-21-9-10-22-48(43)49-23-11-12-24-50(49)53)32-46(34-47)58-59-54(40-18-5-2-6-19-40)37-55(60-58)44-28-27-39-17-7-8-20-41(39)31-44/h1-37H. The van der Waals surface area contributed by atoms with Gasteiger partial charge in [-0.3, -0.25) is 0 Å². The van der Waals surface area contributed by atoms with E-state index in [-0.39, 0.29) is 0 Å². The van der Waals surface area contributed by atoms with Crippen molar-refractivity contribution >= 4 is 54.1 Å². The molecule has 3 heteroatoms. The van der Waals surface area contributed by atoms with Gasteiger partial charge in [0, 0.05) is 33.2 Å². The van der Waals surface area contributed by atoms with Gasteiger partial charge in [-0.05, 0) is 103 Å². The van der Waals surface area contributed by atoms with E-state index in [9.17, 15) is 0 Å². The van der Waals surface area contributed by atoms with E-state index in [4.69, 9.17) is 9.97 Å². The van der Waals surface area contributed by atoms with E-state index < -0.39 is 0 Å². The highest BCUT2D eigenvalue weighted by Gasteiger charge is 2.19. The molecule has 0 saturated heterocycles. The van der Waals surface area contributed by atoms with Crippen molar-refractivity contribution < 1.29 is 0 Å². The summed E-state index contributed by atoms with van der Waals surface area (Å²) in [6.07, 6.45) is 0. The molecule has 0 aliphatic carbocycles. The van der Waals surface area contributed by atoms with E-state index in [2.05, 4.69) is 229 Å². The second-order valence-electron chi connectivity index (χ2n) is 15.8. The molecule has 0 N–H and O–H groups in total. The van der Waals surface area contributed by atoms with Gasteiger partial charge in [-0.25, -0.2) is 9.97 Å². The second-order valence-corrected chi connectivity index (χ2v) is 15.8. The summed E-state index contributed by atoms with van der Waals surface area (Å²) >= 11 is 0. The molecule has 0 atom stereocenters.